The highest BCUT2D eigenvalue weighted by Crippen LogP contribution is 2.29. The van der Waals surface area contributed by atoms with Gasteiger partial charge in [-0.2, -0.15) is 11.8 Å². The first-order valence-electron chi connectivity index (χ1n) is 7.24. The Bertz CT molecular complexity index is 265. The second-order valence-corrected chi connectivity index (χ2v) is 7.49. The number of rotatable bonds is 6. The van der Waals surface area contributed by atoms with Gasteiger partial charge in [0.05, 0.1) is 0 Å². The molecule has 1 amide bonds. The number of carbonyl (C=O) groups is 1. The fraction of sp³-hybridized carbons (Fsp3) is 0.929. The molecule has 1 saturated heterocycles. The van der Waals surface area contributed by atoms with Crippen LogP contribution in [0.25, 0.3) is 0 Å². The standard InChI is InChI=1S/C14H24BrNOS/c15-7-2-8-16(13-3-1-4-13)14(17)11-12-5-9-18-10-6-12/h12-13H,1-11H2. The smallest absolute Gasteiger partial charge is 0.223 e. The van der Waals surface area contributed by atoms with Crippen molar-refractivity contribution in [1.29, 1.82) is 0 Å². The molecule has 0 spiro atoms. The lowest BCUT2D eigenvalue weighted by molar-refractivity contribution is -0.136. The average Bonchev–Trinajstić information content (AvgIpc) is 2.33. The molecule has 1 aliphatic heterocycles. The first-order valence-corrected chi connectivity index (χ1v) is 9.52. The van der Waals surface area contributed by atoms with Crippen molar-refractivity contribution in [2.75, 3.05) is 23.4 Å². The fourth-order valence-electron chi connectivity index (χ4n) is 2.75. The summed E-state index contributed by atoms with van der Waals surface area (Å²) in [5.74, 6) is 3.59. The van der Waals surface area contributed by atoms with E-state index in [1.54, 1.807) is 0 Å². The predicted octanol–water partition coefficient (Wildman–Crippen LogP) is 3.69. The fourth-order valence-corrected chi connectivity index (χ4v) is 4.21. The number of carbonyl (C=O) groups excluding carboxylic acids is 1. The van der Waals surface area contributed by atoms with Crippen LogP contribution in [0.15, 0.2) is 0 Å². The number of nitrogens with zero attached hydrogens (tertiary/aromatic N) is 1. The van der Waals surface area contributed by atoms with Gasteiger partial charge in [-0.15, -0.1) is 0 Å². The van der Waals surface area contributed by atoms with Gasteiger partial charge in [0.2, 0.25) is 5.91 Å². The van der Waals surface area contributed by atoms with Gasteiger partial charge < -0.3 is 4.90 Å². The van der Waals surface area contributed by atoms with Gasteiger partial charge in [-0.1, -0.05) is 15.9 Å². The normalized spacial score (nSPS) is 21.6. The minimum absolute atomic E-state index is 0.428. The molecule has 0 unspecified atom stereocenters. The Hall–Kier alpha value is 0.300. The van der Waals surface area contributed by atoms with Crippen molar-refractivity contribution in [3.05, 3.63) is 0 Å². The Labute approximate surface area is 123 Å². The van der Waals surface area contributed by atoms with Gasteiger partial charge in [0, 0.05) is 24.3 Å². The van der Waals surface area contributed by atoms with Gasteiger partial charge in [-0.25, -0.2) is 0 Å². The van der Waals surface area contributed by atoms with Crippen LogP contribution < -0.4 is 0 Å². The van der Waals surface area contributed by atoms with Gasteiger partial charge in [-0.05, 0) is 55.9 Å². The van der Waals surface area contributed by atoms with Crippen LogP contribution in [0.5, 0.6) is 0 Å². The van der Waals surface area contributed by atoms with Crippen molar-refractivity contribution in [2.24, 2.45) is 5.92 Å². The molecule has 2 rings (SSSR count). The first kappa shape index (κ1) is 14.7. The molecule has 0 aromatic heterocycles. The van der Waals surface area contributed by atoms with Gasteiger partial charge in [-0.3, -0.25) is 4.79 Å². The second-order valence-electron chi connectivity index (χ2n) is 5.47. The highest BCUT2D eigenvalue weighted by Gasteiger charge is 2.29. The highest BCUT2D eigenvalue weighted by atomic mass is 79.9. The number of alkyl halides is 1. The molecule has 18 heavy (non-hydrogen) atoms. The highest BCUT2D eigenvalue weighted by molar-refractivity contribution is 9.09. The van der Waals surface area contributed by atoms with E-state index >= 15 is 0 Å². The molecule has 0 radical (unpaired) electrons. The van der Waals surface area contributed by atoms with E-state index in [2.05, 4.69) is 20.8 Å². The van der Waals surface area contributed by atoms with Crippen LogP contribution in [0.4, 0.5) is 0 Å². The number of halogens is 1. The van der Waals surface area contributed by atoms with Crippen LogP contribution in [0.2, 0.25) is 0 Å². The summed E-state index contributed by atoms with van der Waals surface area (Å²) >= 11 is 5.51. The molecule has 0 atom stereocenters. The summed E-state index contributed by atoms with van der Waals surface area (Å²) in [5.41, 5.74) is 0. The Morgan fingerprint density at radius 2 is 1.94 bits per heavy atom. The molecule has 104 valence electrons. The molecular formula is C14H24BrNOS. The van der Waals surface area contributed by atoms with Crippen molar-refractivity contribution < 1.29 is 4.79 Å². The topological polar surface area (TPSA) is 20.3 Å². The predicted molar refractivity (Wildman–Crippen MR) is 82.4 cm³/mol. The number of hydrogen-bond acceptors (Lipinski definition) is 2. The summed E-state index contributed by atoms with van der Waals surface area (Å²) < 4.78 is 0. The Kier molecular flexibility index (Phi) is 6.36. The monoisotopic (exact) mass is 333 g/mol. The van der Waals surface area contributed by atoms with E-state index in [1.807, 2.05) is 11.8 Å². The molecule has 0 aromatic carbocycles. The molecule has 0 N–H and O–H groups in total. The molecule has 1 saturated carbocycles. The van der Waals surface area contributed by atoms with Crippen LogP contribution in [0.1, 0.15) is 44.9 Å². The number of hydrogen-bond donors (Lipinski definition) is 0. The second kappa shape index (κ2) is 7.78. The lowest BCUT2D eigenvalue weighted by atomic mass is 9.90. The summed E-state index contributed by atoms with van der Waals surface area (Å²) in [5, 5.41) is 1.00. The number of thioether (sulfide) groups is 1. The maximum atomic E-state index is 12.5. The van der Waals surface area contributed by atoms with E-state index in [4.69, 9.17) is 0 Å². The molecule has 2 fully saturated rings. The van der Waals surface area contributed by atoms with Gasteiger partial charge >= 0.3 is 0 Å². The maximum Gasteiger partial charge on any atom is 0.223 e. The third-order valence-corrected chi connectivity index (χ3v) is 5.78. The zero-order chi connectivity index (χ0) is 12.8. The molecule has 4 heteroatoms. The Morgan fingerprint density at radius 1 is 1.22 bits per heavy atom. The summed E-state index contributed by atoms with van der Waals surface area (Å²) in [4.78, 5) is 14.6. The summed E-state index contributed by atoms with van der Waals surface area (Å²) in [7, 11) is 0. The van der Waals surface area contributed by atoms with Crippen LogP contribution in [0, 0.1) is 5.92 Å². The molecule has 2 nitrogen and oxygen atoms in total. The first-order chi connectivity index (χ1) is 8.81. The Morgan fingerprint density at radius 3 is 2.50 bits per heavy atom. The van der Waals surface area contributed by atoms with Crippen LogP contribution in [0.3, 0.4) is 0 Å². The van der Waals surface area contributed by atoms with E-state index in [9.17, 15) is 4.79 Å². The molecule has 2 aliphatic rings. The number of amides is 1. The van der Waals surface area contributed by atoms with Crippen molar-refractivity contribution in [3.63, 3.8) is 0 Å². The third-order valence-electron chi connectivity index (χ3n) is 4.17. The lowest BCUT2D eigenvalue weighted by Gasteiger charge is -2.38. The van der Waals surface area contributed by atoms with Crippen LogP contribution in [-0.4, -0.2) is 40.2 Å². The van der Waals surface area contributed by atoms with E-state index < -0.39 is 0 Å². The van der Waals surface area contributed by atoms with E-state index in [0.29, 0.717) is 17.9 Å². The summed E-state index contributed by atoms with van der Waals surface area (Å²) in [6.07, 6.45) is 8.15. The van der Waals surface area contributed by atoms with Crippen LogP contribution in [-0.2, 0) is 4.79 Å². The molecule has 1 heterocycles. The van der Waals surface area contributed by atoms with Crippen molar-refractivity contribution >= 4 is 33.6 Å². The SMILES string of the molecule is O=C(CC1CCSCC1)N(CCCBr)C1CCC1. The maximum absolute atomic E-state index is 12.5. The molecular weight excluding hydrogens is 310 g/mol. The molecule has 1 aliphatic carbocycles. The minimum atomic E-state index is 0.428. The van der Waals surface area contributed by atoms with Crippen molar-refractivity contribution in [1.82, 2.24) is 4.90 Å². The van der Waals surface area contributed by atoms with Crippen LogP contribution >= 0.6 is 27.7 Å². The quantitative estimate of drug-likeness (QED) is 0.691. The van der Waals surface area contributed by atoms with Gasteiger partial charge in [0.15, 0.2) is 0 Å². The van der Waals surface area contributed by atoms with E-state index in [-0.39, 0.29) is 0 Å². The average molecular weight is 334 g/mol. The molecule has 0 aromatic rings. The Balaban J connectivity index is 1.81. The summed E-state index contributed by atoms with van der Waals surface area (Å²) in [6, 6.07) is 0.564. The largest absolute Gasteiger partial charge is 0.340 e. The van der Waals surface area contributed by atoms with Crippen molar-refractivity contribution in [2.45, 2.75) is 51.0 Å². The lowest BCUT2D eigenvalue weighted by Crippen LogP contribution is -2.45. The van der Waals surface area contributed by atoms with Crippen molar-refractivity contribution in [3.8, 4) is 0 Å². The minimum Gasteiger partial charge on any atom is -0.340 e. The zero-order valence-corrected chi connectivity index (χ0v) is 13.5. The van der Waals surface area contributed by atoms with E-state index in [0.717, 1.165) is 24.7 Å². The zero-order valence-electron chi connectivity index (χ0n) is 11.1. The molecule has 0 bridgehead atoms. The third kappa shape index (κ3) is 4.16. The van der Waals surface area contributed by atoms with Gasteiger partial charge in [0.1, 0.15) is 0 Å². The van der Waals surface area contributed by atoms with Gasteiger partial charge in [0.25, 0.3) is 0 Å². The summed E-state index contributed by atoms with van der Waals surface area (Å²) in [6.45, 7) is 0.955. The van der Waals surface area contributed by atoms with E-state index in [1.165, 1.54) is 43.6 Å².